The molecule has 0 fully saturated rings. The molecule has 3 aromatic rings. The molecule has 0 aliphatic rings. The number of nitrogens with zero attached hydrogens (tertiary/aromatic N) is 1. The molecule has 0 radical (unpaired) electrons. The second-order valence-electron chi connectivity index (χ2n) is 4.68. The van der Waals surface area contributed by atoms with E-state index in [-0.39, 0.29) is 10.6 Å². The molecular formula is C15H10Br2ClNO2. The van der Waals surface area contributed by atoms with Gasteiger partial charge in [0.25, 0.3) is 0 Å². The fourth-order valence-electron chi connectivity index (χ4n) is 2.20. The molecule has 3 rings (SSSR count). The van der Waals surface area contributed by atoms with Crippen LogP contribution in [-0.4, -0.2) is 4.57 Å². The van der Waals surface area contributed by atoms with Gasteiger partial charge in [0.2, 0.25) is 0 Å². The van der Waals surface area contributed by atoms with Crippen LogP contribution in [0.2, 0.25) is 5.02 Å². The Bertz CT molecular complexity index is 885. The molecule has 1 unspecified atom stereocenters. The van der Waals surface area contributed by atoms with Crippen LogP contribution in [0.1, 0.15) is 16.0 Å². The zero-order valence-electron chi connectivity index (χ0n) is 10.9. The summed E-state index contributed by atoms with van der Waals surface area (Å²) in [4.78, 5) is 11.5. The third-order valence-electron chi connectivity index (χ3n) is 3.34. The van der Waals surface area contributed by atoms with Crippen LogP contribution < -0.4 is 5.76 Å². The molecule has 0 saturated heterocycles. The lowest BCUT2D eigenvalue weighted by Crippen LogP contribution is -2.08. The lowest BCUT2D eigenvalue weighted by Gasteiger charge is -2.13. The minimum absolute atomic E-state index is 0.0551. The van der Waals surface area contributed by atoms with E-state index in [1.54, 1.807) is 7.05 Å². The molecule has 0 spiro atoms. The van der Waals surface area contributed by atoms with Gasteiger partial charge in [-0.25, -0.2) is 4.79 Å². The maximum absolute atomic E-state index is 11.5. The number of rotatable bonds is 2. The Labute approximate surface area is 142 Å². The van der Waals surface area contributed by atoms with Gasteiger partial charge in [-0.05, 0) is 41.5 Å². The quantitative estimate of drug-likeness (QED) is 0.534. The van der Waals surface area contributed by atoms with Gasteiger partial charge in [-0.2, -0.15) is 0 Å². The summed E-state index contributed by atoms with van der Waals surface area (Å²) in [6, 6.07) is 11.3. The lowest BCUT2D eigenvalue weighted by atomic mass is 10.0. The van der Waals surface area contributed by atoms with Crippen LogP contribution in [0.5, 0.6) is 0 Å². The minimum atomic E-state index is -0.364. The van der Waals surface area contributed by atoms with Crippen LogP contribution in [0.4, 0.5) is 0 Å². The molecule has 0 aliphatic heterocycles. The highest BCUT2D eigenvalue weighted by Gasteiger charge is 2.16. The molecule has 0 aliphatic carbocycles. The van der Waals surface area contributed by atoms with Crippen LogP contribution in [0, 0.1) is 0 Å². The maximum atomic E-state index is 11.5. The van der Waals surface area contributed by atoms with Gasteiger partial charge in [-0.15, -0.1) is 0 Å². The summed E-state index contributed by atoms with van der Waals surface area (Å²) in [5.74, 6) is -0.364. The minimum Gasteiger partial charge on any atom is -0.408 e. The maximum Gasteiger partial charge on any atom is 0.419 e. The summed E-state index contributed by atoms with van der Waals surface area (Å²) in [5, 5.41) is 0.671. The summed E-state index contributed by atoms with van der Waals surface area (Å²) in [7, 11) is 1.69. The first-order valence-electron chi connectivity index (χ1n) is 6.16. The zero-order valence-corrected chi connectivity index (χ0v) is 14.9. The van der Waals surface area contributed by atoms with Crippen molar-refractivity contribution in [3.8, 4) is 0 Å². The Balaban J connectivity index is 2.11. The van der Waals surface area contributed by atoms with Gasteiger partial charge in [0.05, 0.1) is 10.3 Å². The van der Waals surface area contributed by atoms with Crippen LogP contribution in [0.25, 0.3) is 11.1 Å². The molecule has 2 aromatic carbocycles. The molecule has 21 heavy (non-hydrogen) atoms. The number of benzene rings is 2. The standard InChI is InChI=1S/C15H10Br2ClNO2/c1-19-12-5-2-8(6-13(12)21-15(19)20)14(17)10-7-9(18)3-4-11(10)16/h2-7,14H,1H3. The first kappa shape index (κ1) is 14.9. The number of alkyl halides is 1. The Morgan fingerprint density at radius 1 is 1.24 bits per heavy atom. The van der Waals surface area contributed by atoms with E-state index < -0.39 is 0 Å². The SMILES string of the molecule is Cn1c(=O)oc2cc(C(Br)c3cc(Cl)ccc3Br)ccc21. The Morgan fingerprint density at radius 3 is 2.76 bits per heavy atom. The average molecular weight is 432 g/mol. The molecule has 0 bridgehead atoms. The van der Waals surface area contributed by atoms with Gasteiger partial charge in [0.1, 0.15) is 0 Å². The summed E-state index contributed by atoms with van der Waals surface area (Å²) >= 11 is 13.3. The van der Waals surface area contributed by atoms with E-state index in [1.165, 1.54) is 4.57 Å². The number of halogens is 3. The second-order valence-corrected chi connectivity index (χ2v) is 6.89. The van der Waals surface area contributed by atoms with Crippen molar-refractivity contribution in [2.75, 3.05) is 0 Å². The van der Waals surface area contributed by atoms with Crippen molar-refractivity contribution < 1.29 is 4.42 Å². The molecule has 0 N–H and O–H groups in total. The predicted molar refractivity (Wildman–Crippen MR) is 91.4 cm³/mol. The van der Waals surface area contributed by atoms with Crippen molar-refractivity contribution in [1.82, 2.24) is 4.57 Å². The highest BCUT2D eigenvalue weighted by molar-refractivity contribution is 9.11. The van der Waals surface area contributed by atoms with Gasteiger partial charge in [0.15, 0.2) is 5.58 Å². The number of fused-ring (bicyclic) bond motifs is 1. The summed E-state index contributed by atoms with van der Waals surface area (Å²) < 4.78 is 7.67. The third kappa shape index (κ3) is 2.70. The largest absolute Gasteiger partial charge is 0.419 e. The topological polar surface area (TPSA) is 35.1 Å². The highest BCUT2D eigenvalue weighted by atomic mass is 79.9. The van der Waals surface area contributed by atoms with E-state index in [4.69, 9.17) is 16.0 Å². The Morgan fingerprint density at radius 2 is 2.00 bits per heavy atom. The first-order chi connectivity index (χ1) is 9.97. The molecular weight excluding hydrogens is 421 g/mol. The van der Waals surface area contributed by atoms with Crippen molar-refractivity contribution >= 4 is 54.6 Å². The van der Waals surface area contributed by atoms with Gasteiger partial charge in [-0.3, -0.25) is 4.57 Å². The van der Waals surface area contributed by atoms with E-state index in [2.05, 4.69) is 31.9 Å². The Hall–Kier alpha value is -1.04. The van der Waals surface area contributed by atoms with Crippen molar-refractivity contribution in [2.45, 2.75) is 4.83 Å². The van der Waals surface area contributed by atoms with Crippen molar-refractivity contribution in [2.24, 2.45) is 7.05 Å². The third-order valence-corrected chi connectivity index (χ3v) is 5.32. The fourth-order valence-corrected chi connectivity index (χ4v) is 3.82. The number of hydrogen-bond acceptors (Lipinski definition) is 2. The van der Waals surface area contributed by atoms with Gasteiger partial charge >= 0.3 is 5.76 Å². The second kappa shape index (κ2) is 5.63. The van der Waals surface area contributed by atoms with Crippen LogP contribution in [0.15, 0.2) is 50.1 Å². The van der Waals surface area contributed by atoms with E-state index in [0.717, 1.165) is 21.1 Å². The summed E-state index contributed by atoms with van der Waals surface area (Å²) in [6.07, 6.45) is 0. The molecule has 1 atom stereocenters. The molecule has 0 saturated carbocycles. The average Bonchev–Trinajstić information content (AvgIpc) is 2.75. The number of hydrogen-bond donors (Lipinski definition) is 0. The normalized spacial score (nSPS) is 12.8. The van der Waals surface area contributed by atoms with Gasteiger partial charge in [-0.1, -0.05) is 49.5 Å². The van der Waals surface area contributed by atoms with Crippen molar-refractivity contribution in [3.63, 3.8) is 0 Å². The molecule has 3 nitrogen and oxygen atoms in total. The van der Waals surface area contributed by atoms with Crippen molar-refractivity contribution in [1.29, 1.82) is 0 Å². The van der Waals surface area contributed by atoms with E-state index in [1.807, 2.05) is 36.4 Å². The molecule has 0 amide bonds. The molecule has 1 heterocycles. The molecule has 6 heteroatoms. The van der Waals surface area contributed by atoms with Gasteiger partial charge in [0, 0.05) is 16.5 Å². The van der Waals surface area contributed by atoms with Gasteiger partial charge < -0.3 is 4.42 Å². The lowest BCUT2D eigenvalue weighted by molar-refractivity contribution is 0.528. The number of aromatic nitrogens is 1. The summed E-state index contributed by atoms with van der Waals surface area (Å²) in [6.45, 7) is 0. The fraction of sp³-hybridized carbons (Fsp3) is 0.133. The Kier molecular flexibility index (Phi) is 3.99. The molecule has 108 valence electrons. The van der Waals surface area contributed by atoms with Crippen LogP contribution in [0.3, 0.4) is 0 Å². The number of aryl methyl sites for hydroxylation is 1. The highest BCUT2D eigenvalue weighted by Crippen LogP contribution is 2.37. The van der Waals surface area contributed by atoms with Crippen LogP contribution >= 0.6 is 43.5 Å². The van der Waals surface area contributed by atoms with Crippen molar-refractivity contribution in [3.05, 3.63) is 67.6 Å². The predicted octanol–water partition coefficient (Wildman–Crippen LogP) is 5.03. The van der Waals surface area contributed by atoms with E-state index >= 15 is 0 Å². The first-order valence-corrected chi connectivity index (χ1v) is 8.24. The molecule has 1 aromatic heterocycles. The van der Waals surface area contributed by atoms with E-state index in [0.29, 0.717) is 10.6 Å². The summed E-state index contributed by atoms with van der Waals surface area (Å²) in [5.41, 5.74) is 3.34. The van der Waals surface area contributed by atoms with E-state index in [9.17, 15) is 4.79 Å². The zero-order chi connectivity index (χ0) is 15.1. The monoisotopic (exact) mass is 429 g/mol. The number of oxazole rings is 1. The van der Waals surface area contributed by atoms with Crippen LogP contribution in [-0.2, 0) is 7.05 Å². The smallest absolute Gasteiger partial charge is 0.408 e.